The molecule has 0 saturated heterocycles. The van der Waals surface area contributed by atoms with Gasteiger partial charge < -0.3 is 18.6 Å². The van der Waals surface area contributed by atoms with Crippen LogP contribution in [0.5, 0.6) is 0 Å². The third-order valence-corrected chi connectivity index (χ3v) is 21.5. The van der Waals surface area contributed by atoms with Crippen molar-refractivity contribution in [2.24, 2.45) is 0 Å². The monoisotopic (exact) mass is 1350 g/mol. The second-order valence-corrected chi connectivity index (χ2v) is 28.3. The summed E-state index contributed by atoms with van der Waals surface area (Å²) in [6.07, 6.45) is 0. The lowest BCUT2D eigenvalue weighted by molar-refractivity contribution is 0.590. The van der Waals surface area contributed by atoms with Gasteiger partial charge >= 0.3 is 0 Å². The molecule has 5 heterocycles. The molecule has 4 nitrogen and oxygen atoms in total. The van der Waals surface area contributed by atoms with E-state index < -0.39 is 79.2 Å². The van der Waals surface area contributed by atoms with E-state index in [1.54, 1.807) is 33.4 Å². The molecule has 2 aliphatic rings. The molecule has 3 aromatic heterocycles. The highest BCUT2D eigenvalue weighted by molar-refractivity contribution is 7.00. The van der Waals surface area contributed by atoms with E-state index in [-0.39, 0.29) is 84.1 Å². The molecule has 0 radical (unpaired) electrons. The fourth-order valence-electron chi connectivity index (χ4n) is 16.7. The Labute approximate surface area is 631 Å². The number of aromatic nitrogens is 3. The van der Waals surface area contributed by atoms with Crippen molar-refractivity contribution in [2.45, 2.75) is 26.2 Å². The molecule has 0 atom stereocenters. The van der Waals surface area contributed by atoms with Crippen molar-refractivity contribution in [3.8, 4) is 72.7 Å². The van der Waals surface area contributed by atoms with E-state index in [0.29, 0.717) is 28.3 Å². The maximum absolute atomic E-state index is 10.6. The number of anilines is 3. The SMILES string of the molecule is [2H]c1c([2H])c([2H])c2c(c1[2H])c1c([2H])c([2H])c([2H])c([2H])c1n2-c1ccc2c(c1)N(c1c(-c3ccccc3)cc(-c3ccccc3)cc1-c1ccccc1)c1cc(-n3c4c([2H])c([2H])c([2H])c([2H])c4c4c([2H])c(-c5ccccc5)c([2H])c([2H])c43)cc3c1B2c1cc(-c2ccc(C(C)(C)C)cc2)cc2c4ccccc4c4ccccc4c4ccccc4n-3c12. The van der Waals surface area contributed by atoms with E-state index >= 15 is 0 Å². The van der Waals surface area contributed by atoms with Gasteiger partial charge in [-0.15, -0.1) is 0 Å². The van der Waals surface area contributed by atoms with E-state index in [0.717, 1.165) is 110 Å². The van der Waals surface area contributed by atoms with Crippen LogP contribution in [-0.2, 0) is 5.41 Å². The minimum absolute atomic E-state index is 0.00480. The zero-order valence-corrected chi connectivity index (χ0v) is 57.3. The van der Waals surface area contributed by atoms with Crippen LogP contribution in [-0.4, -0.2) is 20.4 Å². The summed E-state index contributed by atoms with van der Waals surface area (Å²) in [6, 6.07) is 85.2. The molecule has 0 unspecified atom stereocenters. The number of fused-ring (bicyclic) bond motifs is 17. The first kappa shape index (κ1) is 47.1. The molecule has 0 fully saturated rings. The fourth-order valence-corrected chi connectivity index (χ4v) is 16.7. The van der Waals surface area contributed by atoms with Crippen LogP contribution >= 0.6 is 0 Å². The molecule has 5 heteroatoms. The molecule has 2 aliphatic heterocycles. The van der Waals surface area contributed by atoms with Gasteiger partial charge in [0.1, 0.15) is 0 Å². The van der Waals surface area contributed by atoms with E-state index in [4.69, 9.17) is 0 Å². The van der Waals surface area contributed by atoms with E-state index in [1.165, 1.54) is 0 Å². The van der Waals surface area contributed by atoms with E-state index in [2.05, 4.69) is 176 Å². The van der Waals surface area contributed by atoms with Crippen molar-refractivity contribution in [3.63, 3.8) is 0 Å². The summed E-state index contributed by atoms with van der Waals surface area (Å²) in [4.78, 5) is 2.23. The maximum atomic E-state index is 10.6. The average Bonchev–Trinajstić information content (AvgIpc) is 1.31. The third kappa shape index (κ3) is 9.48. The molecule has 492 valence electrons. The highest BCUT2D eigenvalue weighted by atomic mass is 15.2. The first-order valence-electron chi connectivity index (χ1n) is 42.9. The molecule has 0 N–H and O–H groups in total. The largest absolute Gasteiger partial charge is 0.310 e. The number of hydrogen-bond donors (Lipinski definition) is 0. The minimum Gasteiger partial charge on any atom is -0.310 e. The highest BCUT2D eigenvalue weighted by Crippen LogP contribution is 2.52. The Bertz CT molecular complexity index is 7680. The molecule has 0 aliphatic carbocycles. The van der Waals surface area contributed by atoms with Crippen molar-refractivity contribution in [1.82, 2.24) is 13.7 Å². The number of benzene rings is 16. The lowest BCUT2D eigenvalue weighted by atomic mass is 9.33. The first-order valence-corrected chi connectivity index (χ1v) is 35.4. The fraction of sp³-hybridized carbons (Fsp3) is 0.0400. The van der Waals surface area contributed by atoms with Gasteiger partial charge in [-0.2, -0.15) is 0 Å². The predicted octanol–water partition coefficient (Wildman–Crippen LogP) is 24.7. The van der Waals surface area contributed by atoms with Gasteiger partial charge in [0.15, 0.2) is 0 Å². The summed E-state index contributed by atoms with van der Waals surface area (Å²) < 4.78 is 153. The molecule has 0 bridgehead atoms. The van der Waals surface area contributed by atoms with Crippen LogP contribution < -0.4 is 21.3 Å². The standard InChI is InChI=1S/C100H69BN4/c1-100(2,3)72-51-48-66(49-52-72)71-59-86-78-39-19-17-37-76(78)75-36-16-18-38-77(75)79-40-20-27-47-92(79)104-95-62-74(103-91-46-26-23-43-82(91)85-56-69(50-55-93(85)103)64-28-8-4-9-29-64)63-96-97(95)101(88(60-71)99(86)104)87-54-53-73(102-89-44-24-21-41-80(89)81-42-22-25-45-90(81)102)61-94(87)105(96)98-83(67-32-12-6-13-33-67)57-70(65-30-10-5-11-31-65)58-84(98)68-34-14-7-15-35-68/h4-63H,1-3H3/i21D,22D,23D,24D,25D,26D,41D,42D,43D,44D,45D,46D,50D,55D,56D. The molecule has 0 amide bonds. The molecular formula is C100H69BN4. The predicted molar refractivity (Wildman–Crippen MR) is 447 cm³/mol. The van der Waals surface area contributed by atoms with Gasteiger partial charge in [-0.1, -0.05) is 306 Å². The Morgan fingerprint density at radius 2 is 0.733 bits per heavy atom. The zero-order chi connectivity index (χ0) is 82.7. The average molecular weight is 1350 g/mol. The summed E-state index contributed by atoms with van der Waals surface area (Å²) in [5, 5.41) is 5.36. The van der Waals surface area contributed by atoms with Crippen molar-refractivity contribution in [1.29, 1.82) is 0 Å². The molecule has 19 aromatic rings. The summed E-state index contributed by atoms with van der Waals surface area (Å²) in [5.41, 5.74) is 14.9. The molecule has 105 heavy (non-hydrogen) atoms. The number of rotatable bonds is 8. The first-order chi connectivity index (χ1) is 58.0. The Hall–Kier alpha value is -13.2. The normalized spacial score (nSPS) is 14.5. The number of para-hydroxylation sites is 4. The Morgan fingerprint density at radius 1 is 0.286 bits per heavy atom. The molecule has 0 spiro atoms. The van der Waals surface area contributed by atoms with Crippen LogP contribution in [0, 0.1) is 0 Å². The van der Waals surface area contributed by atoms with Gasteiger partial charge in [-0.3, -0.25) is 0 Å². The van der Waals surface area contributed by atoms with Gasteiger partial charge in [0, 0.05) is 71.7 Å². The zero-order valence-electron chi connectivity index (χ0n) is 72.3. The second kappa shape index (κ2) is 23.7. The van der Waals surface area contributed by atoms with E-state index in [1.807, 2.05) is 103 Å². The van der Waals surface area contributed by atoms with Crippen LogP contribution in [0.4, 0.5) is 17.1 Å². The maximum Gasteiger partial charge on any atom is 0.252 e. The second-order valence-electron chi connectivity index (χ2n) is 28.3. The van der Waals surface area contributed by atoms with Gasteiger partial charge in [-0.25, -0.2) is 0 Å². The van der Waals surface area contributed by atoms with Crippen LogP contribution in [0.25, 0.3) is 160 Å². The molecule has 16 aromatic carbocycles. The molecular weight excluding hydrogens is 1270 g/mol. The van der Waals surface area contributed by atoms with Crippen molar-refractivity contribution >= 4 is 127 Å². The number of nitrogens with zero attached hydrogens (tertiary/aromatic N) is 4. The van der Waals surface area contributed by atoms with Gasteiger partial charge in [-0.05, 0) is 172 Å². The Morgan fingerprint density at radius 3 is 1.31 bits per heavy atom. The summed E-state index contributed by atoms with van der Waals surface area (Å²) in [7, 11) is 0. The summed E-state index contributed by atoms with van der Waals surface area (Å²) in [6.45, 7) is 5.79. The van der Waals surface area contributed by atoms with Crippen LogP contribution in [0.15, 0.2) is 364 Å². The summed E-state index contributed by atoms with van der Waals surface area (Å²) in [5.74, 6) is 0. The lowest BCUT2D eigenvalue weighted by Gasteiger charge is -2.43. The molecule has 21 rings (SSSR count). The van der Waals surface area contributed by atoms with Crippen molar-refractivity contribution in [3.05, 3.63) is 369 Å². The topological polar surface area (TPSA) is 18.0 Å². The van der Waals surface area contributed by atoms with Crippen LogP contribution in [0.3, 0.4) is 0 Å². The molecule has 0 saturated carbocycles. The quantitative estimate of drug-likeness (QED) is 0.139. The Balaban J connectivity index is 1.05. The third-order valence-electron chi connectivity index (χ3n) is 21.5. The van der Waals surface area contributed by atoms with Crippen molar-refractivity contribution in [2.75, 3.05) is 4.90 Å². The number of hydrogen-bond acceptors (Lipinski definition) is 1. The van der Waals surface area contributed by atoms with Gasteiger partial charge in [0.25, 0.3) is 6.71 Å². The van der Waals surface area contributed by atoms with Crippen LogP contribution in [0.2, 0.25) is 0 Å². The van der Waals surface area contributed by atoms with Crippen LogP contribution in [0.1, 0.15) is 46.9 Å². The lowest BCUT2D eigenvalue weighted by Crippen LogP contribution is -2.60. The minimum atomic E-state index is -0.808. The Kier molecular flexibility index (Phi) is 10.6. The van der Waals surface area contributed by atoms with Crippen molar-refractivity contribution < 1.29 is 20.6 Å². The van der Waals surface area contributed by atoms with Gasteiger partial charge in [0.2, 0.25) is 0 Å². The summed E-state index contributed by atoms with van der Waals surface area (Å²) >= 11 is 0. The van der Waals surface area contributed by atoms with Gasteiger partial charge in [0.05, 0.1) is 59.5 Å². The highest BCUT2D eigenvalue weighted by Gasteiger charge is 2.44. The van der Waals surface area contributed by atoms with E-state index in [9.17, 15) is 20.6 Å². The smallest absolute Gasteiger partial charge is 0.252 e.